The molecule has 0 unspecified atom stereocenters. The molecule has 130 valence electrons. The van der Waals surface area contributed by atoms with E-state index in [4.69, 9.17) is 5.14 Å². The summed E-state index contributed by atoms with van der Waals surface area (Å²) in [6.45, 7) is 0.662. The fourth-order valence-electron chi connectivity index (χ4n) is 1.99. The number of benzene rings is 1. The Morgan fingerprint density at radius 2 is 1.96 bits per heavy atom. The predicted octanol–water partition coefficient (Wildman–Crippen LogP) is 3.30. The van der Waals surface area contributed by atoms with Crippen molar-refractivity contribution in [3.05, 3.63) is 57.3 Å². The van der Waals surface area contributed by atoms with E-state index in [9.17, 15) is 8.42 Å². The molecular weight excluding hydrogens is 426 g/mol. The van der Waals surface area contributed by atoms with Gasteiger partial charge in [-0.3, -0.25) is 0 Å². The summed E-state index contributed by atoms with van der Waals surface area (Å²) in [4.78, 5) is 9.86. The van der Waals surface area contributed by atoms with Gasteiger partial charge in [0.05, 0.1) is 15.9 Å². The van der Waals surface area contributed by atoms with Crippen LogP contribution < -0.4 is 15.8 Å². The number of sulfonamides is 1. The maximum absolute atomic E-state index is 11.3. The maximum Gasteiger partial charge on any atom is 0.238 e. The van der Waals surface area contributed by atoms with E-state index in [0.29, 0.717) is 24.0 Å². The van der Waals surface area contributed by atoms with Gasteiger partial charge in [-0.2, -0.15) is 4.98 Å². The number of nitrogens with one attached hydrogen (secondary N) is 2. The summed E-state index contributed by atoms with van der Waals surface area (Å²) in [6, 6.07) is 10.1. The smallest absolute Gasteiger partial charge is 0.238 e. The van der Waals surface area contributed by atoms with Crippen LogP contribution in [0.25, 0.3) is 0 Å². The van der Waals surface area contributed by atoms with Gasteiger partial charge in [0.2, 0.25) is 16.0 Å². The van der Waals surface area contributed by atoms with Gasteiger partial charge in [-0.1, -0.05) is 6.07 Å². The molecule has 2 heterocycles. The third-order valence-electron chi connectivity index (χ3n) is 3.19. The number of rotatable bonds is 6. The number of hydrogen-bond donors (Lipinski definition) is 3. The van der Waals surface area contributed by atoms with Crippen LogP contribution in [0.3, 0.4) is 0 Å². The normalized spacial score (nSPS) is 11.3. The molecule has 0 saturated heterocycles. The highest BCUT2D eigenvalue weighted by atomic mass is 79.9. The molecule has 0 bridgehead atoms. The molecule has 0 radical (unpaired) electrons. The largest absolute Gasteiger partial charge is 0.364 e. The SMILES string of the molecule is NS(=O)(=O)c1ccc(Nc2ncc(Br)c(NCc3cccs3)n2)cc1. The molecule has 2 aromatic heterocycles. The van der Waals surface area contributed by atoms with Crippen molar-refractivity contribution < 1.29 is 8.42 Å². The number of nitrogens with two attached hydrogens (primary N) is 1. The van der Waals surface area contributed by atoms with Gasteiger partial charge in [-0.25, -0.2) is 18.5 Å². The highest BCUT2D eigenvalue weighted by Crippen LogP contribution is 2.23. The Kier molecular flexibility index (Phi) is 5.33. The summed E-state index contributed by atoms with van der Waals surface area (Å²) in [7, 11) is -3.71. The van der Waals surface area contributed by atoms with Gasteiger partial charge in [0.15, 0.2) is 0 Å². The van der Waals surface area contributed by atoms with Gasteiger partial charge in [0, 0.05) is 16.8 Å². The first-order valence-electron chi connectivity index (χ1n) is 7.10. The molecule has 0 saturated carbocycles. The number of thiophene rings is 1. The topological polar surface area (TPSA) is 110 Å². The minimum Gasteiger partial charge on any atom is -0.364 e. The highest BCUT2D eigenvalue weighted by Gasteiger charge is 2.09. The molecule has 0 aliphatic carbocycles. The average molecular weight is 440 g/mol. The molecule has 3 rings (SSSR count). The first-order chi connectivity index (χ1) is 11.9. The lowest BCUT2D eigenvalue weighted by atomic mass is 10.3. The summed E-state index contributed by atoms with van der Waals surface area (Å²) >= 11 is 5.08. The van der Waals surface area contributed by atoms with Crippen molar-refractivity contribution in [2.75, 3.05) is 10.6 Å². The van der Waals surface area contributed by atoms with Gasteiger partial charge in [0.1, 0.15) is 5.82 Å². The van der Waals surface area contributed by atoms with E-state index in [0.717, 1.165) is 4.47 Å². The van der Waals surface area contributed by atoms with Gasteiger partial charge in [-0.15, -0.1) is 11.3 Å². The molecule has 1 aromatic carbocycles. The van der Waals surface area contributed by atoms with Crippen molar-refractivity contribution in [2.24, 2.45) is 5.14 Å². The summed E-state index contributed by atoms with van der Waals surface area (Å²) in [5, 5.41) is 13.4. The van der Waals surface area contributed by atoms with E-state index < -0.39 is 10.0 Å². The van der Waals surface area contributed by atoms with Gasteiger partial charge in [-0.05, 0) is 51.6 Å². The lowest BCUT2D eigenvalue weighted by molar-refractivity contribution is 0.598. The molecule has 25 heavy (non-hydrogen) atoms. The van der Waals surface area contributed by atoms with E-state index in [1.54, 1.807) is 29.7 Å². The standard InChI is InChI=1S/C15H14BrN5O2S2/c16-13-9-19-15(21-14(13)18-8-11-2-1-7-24-11)20-10-3-5-12(6-4-10)25(17,22)23/h1-7,9H,8H2,(H2,17,22,23)(H2,18,19,20,21). The number of primary sulfonamides is 1. The van der Waals surface area contributed by atoms with Gasteiger partial charge in [0.25, 0.3) is 0 Å². The second-order valence-electron chi connectivity index (χ2n) is 5.02. The van der Waals surface area contributed by atoms with Crippen LogP contribution in [0.15, 0.2) is 57.3 Å². The van der Waals surface area contributed by atoms with E-state index in [-0.39, 0.29) is 4.90 Å². The van der Waals surface area contributed by atoms with Crippen LogP contribution in [0.4, 0.5) is 17.5 Å². The minimum absolute atomic E-state index is 0.0491. The van der Waals surface area contributed by atoms with Crippen LogP contribution in [0, 0.1) is 0 Å². The number of nitrogens with zero attached hydrogens (tertiary/aromatic N) is 2. The minimum atomic E-state index is -3.71. The lowest BCUT2D eigenvalue weighted by Crippen LogP contribution is -2.11. The third kappa shape index (κ3) is 4.75. The monoisotopic (exact) mass is 439 g/mol. The molecule has 0 atom stereocenters. The Labute approximate surface area is 157 Å². The Morgan fingerprint density at radius 1 is 1.20 bits per heavy atom. The van der Waals surface area contributed by atoms with Crippen LogP contribution in [0.1, 0.15) is 4.88 Å². The first kappa shape index (κ1) is 17.8. The molecule has 0 fully saturated rings. The zero-order chi connectivity index (χ0) is 17.9. The van der Waals surface area contributed by atoms with Crippen LogP contribution in [-0.2, 0) is 16.6 Å². The van der Waals surface area contributed by atoms with E-state index >= 15 is 0 Å². The lowest BCUT2D eigenvalue weighted by Gasteiger charge is -2.10. The highest BCUT2D eigenvalue weighted by molar-refractivity contribution is 9.10. The zero-order valence-electron chi connectivity index (χ0n) is 12.8. The molecule has 0 aliphatic rings. The Morgan fingerprint density at radius 3 is 2.60 bits per heavy atom. The Bertz CT molecular complexity index is 960. The van der Waals surface area contributed by atoms with Crippen molar-refractivity contribution in [1.29, 1.82) is 0 Å². The van der Waals surface area contributed by atoms with Crippen LogP contribution in [0.2, 0.25) is 0 Å². The van der Waals surface area contributed by atoms with Crippen LogP contribution >= 0.6 is 27.3 Å². The van der Waals surface area contributed by atoms with Crippen molar-refractivity contribution >= 4 is 54.7 Å². The second kappa shape index (κ2) is 7.48. The summed E-state index contributed by atoms with van der Waals surface area (Å²) < 4.78 is 23.3. The Hall–Kier alpha value is -2.01. The maximum atomic E-state index is 11.3. The van der Waals surface area contributed by atoms with E-state index in [1.807, 2.05) is 17.5 Å². The van der Waals surface area contributed by atoms with Crippen molar-refractivity contribution in [1.82, 2.24) is 9.97 Å². The van der Waals surface area contributed by atoms with E-state index in [1.165, 1.54) is 17.0 Å². The third-order valence-corrected chi connectivity index (χ3v) is 5.58. The quantitative estimate of drug-likeness (QED) is 0.543. The Balaban J connectivity index is 1.73. The molecule has 0 amide bonds. The van der Waals surface area contributed by atoms with Crippen molar-refractivity contribution in [2.45, 2.75) is 11.4 Å². The van der Waals surface area contributed by atoms with Crippen molar-refractivity contribution in [3.8, 4) is 0 Å². The zero-order valence-corrected chi connectivity index (χ0v) is 16.0. The molecule has 10 heteroatoms. The predicted molar refractivity (Wildman–Crippen MR) is 102 cm³/mol. The molecular formula is C15H14BrN5O2S2. The fraction of sp³-hybridized carbons (Fsp3) is 0.0667. The number of aromatic nitrogens is 2. The molecule has 7 nitrogen and oxygen atoms in total. The van der Waals surface area contributed by atoms with Crippen LogP contribution in [-0.4, -0.2) is 18.4 Å². The summed E-state index contributed by atoms with van der Waals surface area (Å²) in [6.07, 6.45) is 1.64. The van der Waals surface area contributed by atoms with Crippen LogP contribution in [0.5, 0.6) is 0 Å². The van der Waals surface area contributed by atoms with Gasteiger partial charge >= 0.3 is 0 Å². The summed E-state index contributed by atoms with van der Waals surface area (Å²) in [5.74, 6) is 1.05. The number of anilines is 3. The van der Waals surface area contributed by atoms with Crippen molar-refractivity contribution in [3.63, 3.8) is 0 Å². The molecule has 4 N–H and O–H groups in total. The number of halogens is 1. The molecule has 0 aliphatic heterocycles. The fourth-order valence-corrected chi connectivity index (χ4v) is 3.48. The first-order valence-corrected chi connectivity index (χ1v) is 10.3. The molecule has 0 spiro atoms. The number of hydrogen-bond acceptors (Lipinski definition) is 7. The van der Waals surface area contributed by atoms with E-state index in [2.05, 4.69) is 36.5 Å². The van der Waals surface area contributed by atoms with Gasteiger partial charge < -0.3 is 10.6 Å². The summed E-state index contributed by atoms with van der Waals surface area (Å²) in [5.41, 5.74) is 0.652. The average Bonchev–Trinajstić information content (AvgIpc) is 3.08. The molecule has 3 aromatic rings. The second-order valence-corrected chi connectivity index (χ2v) is 8.47.